The van der Waals surface area contributed by atoms with Gasteiger partial charge in [-0.25, -0.2) is 9.36 Å². The maximum absolute atomic E-state index is 11.1. The molecule has 0 unspecified atom stereocenters. The van der Waals surface area contributed by atoms with Crippen molar-refractivity contribution in [3.63, 3.8) is 0 Å². The standard InChI is InChI=1S/2C28H33N3O2.Co/c2*32-26-17-16-22(20-10-4-1-5-11-20)18-25(26)29-19-24-27(21-12-6-2-7-13-21)30-31(28(24)33)23-14-8-3-9-15-23;/h2*3,8-9,14-21,32-33H,1-2,4-7,10-13H2;. The molecule has 0 atom stereocenters. The van der Waals surface area contributed by atoms with Crippen molar-refractivity contribution in [2.75, 3.05) is 0 Å². The first-order valence-corrected chi connectivity index (χ1v) is 24.9. The molecule has 0 amide bonds. The molecule has 67 heavy (non-hydrogen) atoms. The number of aromatic nitrogens is 4. The number of rotatable bonds is 10. The second kappa shape index (κ2) is 22.9. The Morgan fingerprint density at radius 2 is 0.746 bits per heavy atom. The van der Waals surface area contributed by atoms with Gasteiger partial charge in [0.2, 0.25) is 11.8 Å². The van der Waals surface area contributed by atoms with E-state index < -0.39 is 0 Å². The van der Waals surface area contributed by atoms with E-state index in [1.54, 1.807) is 33.9 Å². The quantitative estimate of drug-likeness (QED) is 0.101. The van der Waals surface area contributed by atoms with Gasteiger partial charge in [-0.15, -0.1) is 0 Å². The van der Waals surface area contributed by atoms with E-state index in [0.29, 0.717) is 46.2 Å². The van der Waals surface area contributed by atoms with Gasteiger partial charge in [-0.05, 0) is 123 Å². The van der Waals surface area contributed by atoms with E-state index in [2.05, 4.69) is 9.98 Å². The average Bonchev–Trinajstić information content (AvgIpc) is 3.90. The van der Waals surface area contributed by atoms with Crippen LogP contribution < -0.4 is 0 Å². The Labute approximate surface area is 406 Å². The molecule has 2 heterocycles. The fraction of sp³-hybridized carbons (Fsp3) is 0.429. The zero-order chi connectivity index (χ0) is 45.2. The van der Waals surface area contributed by atoms with Crippen molar-refractivity contribution in [3.8, 4) is 34.6 Å². The molecule has 2 aromatic heterocycles. The summed E-state index contributed by atoms with van der Waals surface area (Å²) >= 11 is 0. The average molecular weight is 946 g/mol. The molecule has 1 radical (unpaired) electrons. The van der Waals surface area contributed by atoms with Crippen LogP contribution in [0.3, 0.4) is 0 Å². The summed E-state index contributed by atoms with van der Waals surface area (Å²) in [6, 6.07) is 31.1. The maximum atomic E-state index is 11.1. The van der Waals surface area contributed by atoms with Crippen LogP contribution in [0, 0.1) is 0 Å². The van der Waals surface area contributed by atoms with Gasteiger partial charge >= 0.3 is 0 Å². The summed E-state index contributed by atoms with van der Waals surface area (Å²) in [5.74, 6) is 2.26. The van der Waals surface area contributed by atoms with E-state index in [-0.39, 0.29) is 40.0 Å². The first-order chi connectivity index (χ1) is 32.4. The number of phenols is 2. The van der Waals surface area contributed by atoms with E-state index in [9.17, 15) is 20.4 Å². The molecule has 4 aliphatic rings. The van der Waals surface area contributed by atoms with Gasteiger partial charge in [-0.3, -0.25) is 9.98 Å². The molecule has 4 saturated carbocycles. The van der Waals surface area contributed by atoms with Gasteiger partial charge in [0.05, 0.1) is 33.9 Å². The minimum atomic E-state index is 0. The van der Waals surface area contributed by atoms with Crippen molar-refractivity contribution in [2.45, 2.75) is 152 Å². The SMILES string of the molecule is Oc1ccc(C2CCCCC2)cc1N=Cc1c(C2CCCCC2)nn(-c2ccccc2)c1O.Oc1ccc(C2CCCCC2)cc1N=Cc1c(C2CCCCC2)nn(-c2ccccc2)c1O.[Co]. The smallest absolute Gasteiger partial charge is 0.223 e. The maximum Gasteiger partial charge on any atom is 0.223 e. The number of phenolic OH excluding ortho intramolecular Hbond substituents is 2. The summed E-state index contributed by atoms with van der Waals surface area (Å²) in [5.41, 5.74) is 8.39. The molecule has 0 spiro atoms. The number of benzene rings is 4. The molecule has 0 aliphatic heterocycles. The first kappa shape index (κ1) is 47.8. The minimum Gasteiger partial charge on any atom is -0.506 e. The number of para-hydroxylation sites is 2. The van der Waals surface area contributed by atoms with Crippen LogP contribution in [-0.2, 0) is 16.8 Å². The summed E-state index contributed by atoms with van der Waals surface area (Å²) in [7, 11) is 0. The molecule has 4 aliphatic carbocycles. The molecule has 4 aromatic carbocycles. The van der Waals surface area contributed by atoms with Crippen LogP contribution in [0.2, 0.25) is 0 Å². The van der Waals surface area contributed by atoms with E-state index in [4.69, 9.17) is 10.2 Å². The molecule has 10 rings (SSSR count). The van der Waals surface area contributed by atoms with Gasteiger partial charge in [-0.2, -0.15) is 10.2 Å². The van der Waals surface area contributed by atoms with Crippen molar-refractivity contribution >= 4 is 23.8 Å². The monoisotopic (exact) mass is 945 g/mol. The number of hydrogen-bond acceptors (Lipinski definition) is 8. The Kier molecular flexibility index (Phi) is 16.3. The third-order valence-electron chi connectivity index (χ3n) is 14.7. The summed E-state index contributed by atoms with van der Waals surface area (Å²) in [4.78, 5) is 9.33. The van der Waals surface area contributed by atoms with Gasteiger partial charge in [0, 0.05) is 41.0 Å². The largest absolute Gasteiger partial charge is 0.506 e. The zero-order valence-electron chi connectivity index (χ0n) is 38.6. The van der Waals surface area contributed by atoms with E-state index in [1.807, 2.05) is 84.9 Å². The van der Waals surface area contributed by atoms with Crippen molar-refractivity contribution in [1.82, 2.24) is 19.6 Å². The predicted molar refractivity (Wildman–Crippen MR) is 264 cm³/mol. The molecule has 0 bridgehead atoms. The molecular formula is C56H66CoN6O4. The summed E-state index contributed by atoms with van der Waals surface area (Å²) in [6.07, 6.45) is 27.4. The number of hydrogen-bond donors (Lipinski definition) is 4. The Morgan fingerprint density at radius 3 is 1.09 bits per heavy atom. The molecule has 4 N–H and O–H groups in total. The van der Waals surface area contributed by atoms with Crippen molar-refractivity contribution in [2.24, 2.45) is 9.98 Å². The molecule has 4 fully saturated rings. The second-order valence-corrected chi connectivity index (χ2v) is 19.1. The van der Waals surface area contributed by atoms with Crippen LogP contribution in [-0.4, -0.2) is 52.4 Å². The minimum absolute atomic E-state index is 0. The van der Waals surface area contributed by atoms with E-state index in [1.165, 1.54) is 114 Å². The molecule has 6 aromatic rings. The van der Waals surface area contributed by atoms with Crippen LogP contribution >= 0.6 is 0 Å². The van der Waals surface area contributed by atoms with Crippen LogP contribution in [0.25, 0.3) is 11.4 Å². The van der Waals surface area contributed by atoms with E-state index in [0.717, 1.165) is 48.4 Å². The van der Waals surface area contributed by atoms with Crippen LogP contribution in [0.15, 0.2) is 107 Å². The molecular weight excluding hydrogens is 880 g/mol. The summed E-state index contributed by atoms with van der Waals surface area (Å²) in [6.45, 7) is 0. The molecule has 10 nitrogen and oxygen atoms in total. The van der Waals surface area contributed by atoms with Gasteiger partial charge in [0.1, 0.15) is 22.9 Å². The zero-order valence-corrected chi connectivity index (χ0v) is 39.7. The summed E-state index contributed by atoms with van der Waals surface area (Å²) < 4.78 is 3.23. The Balaban J connectivity index is 0.000000179. The third kappa shape index (κ3) is 11.4. The topological polar surface area (TPSA) is 141 Å². The predicted octanol–water partition coefficient (Wildman–Crippen LogP) is 14.3. The second-order valence-electron chi connectivity index (χ2n) is 19.1. The van der Waals surface area contributed by atoms with E-state index >= 15 is 0 Å². The molecule has 0 saturated heterocycles. The number of aliphatic imine (C=N–C) groups is 2. The van der Waals surface area contributed by atoms with Crippen molar-refractivity contribution in [3.05, 3.63) is 131 Å². The van der Waals surface area contributed by atoms with Crippen LogP contribution in [0.1, 0.15) is 186 Å². The fourth-order valence-corrected chi connectivity index (χ4v) is 10.9. The van der Waals surface area contributed by atoms with Crippen LogP contribution in [0.4, 0.5) is 11.4 Å². The fourth-order valence-electron chi connectivity index (χ4n) is 10.9. The van der Waals surface area contributed by atoms with Gasteiger partial charge in [-0.1, -0.05) is 126 Å². The Bertz CT molecular complexity index is 2400. The summed E-state index contributed by atoms with van der Waals surface area (Å²) in [5, 5.41) is 52.9. The van der Waals surface area contributed by atoms with Crippen molar-refractivity contribution in [1.29, 1.82) is 0 Å². The van der Waals surface area contributed by atoms with Crippen LogP contribution in [0.5, 0.6) is 23.3 Å². The van der Waals surface area contributed by atoms with Gasteiger partial charge < -0.3 is 20.4 Å². The number of nitrogens with zero attached hydrogens (tertiary/aromatic N) is 6. The molecule has 353 valence electrons. The Hall–Kier alpha value is -5.65. The van der Waals surface area contributed by atoms with Gasteiger partial charge in [0.15, 0.2) is 0 Å². The van der Waals surface area contributed by atoms with Crippen molar-refractivity contribution < 1.29 is 37.2 Å². The van der Waals surface area contributed by atoms with Gasteiger partial charge in [0.25, 0.3) is 0 Å². The Morgan fingerprint density at radius 1 is 0.418 bits per heavy atom. The normalized spacial score (nSPS) is 17.9. The molecule has 11 heteroatoms. The number of aromatic hydroxyl groups is 4. The third-order valence-corrected chi connectivity index (χ3v) is 14.7. The first-order valence-electron chi connectivity index (χ1n) is 24.9.